The van der Waals surface area contributed by atoms with E-state index in [9.17, 15) is 9.59 Å². The van der Waals surface area contributed by atoms with E-state index in [4.69, 9.17) is 48.3 Å². The SMILES string of the molecule is COc1ccc(Oc2cc(Cl)c(Cl)cc2C(N)=O)c(OC)c1.O=C(O)c1ccccn1. The summed E-state index contributed by atoms with van der Waals surface area (Å²) in [6, 6.07) is 12.5. The van der Waals surface area contributed by atoms with Gasteiger partial charge in [-0.25, -0.2) is 9.78 Å². The van der Waals surface area contributed by atoms with E-state index >= 15 is 0 Å². The van der Waals surface area contributed by atoms with Crippen LogP contribution >= 0.6 is 23.2 Å². The van der Waals surface area contributed by atoms with Crippen LogP contribution in [0.5, 0.6) is 23.0 Å². The highest BCUT2D eigenvalue weighted by atomic mass is 35.5. The monoisotopic (exact) mass is 464 g/mol. The first-order chi connectivity index (χ1) is 14.8. The number of primary amides is 1. The zero-order chi connectivity index (χ0) is 23.0. The molecule has 31 heavy (non-hydrogen) atoms. The lowest BCUT2D eigenvalue weighted by Crippen LogP contribution is -2.12. The maximum absolute atomic E-state index is 11.5. The third kappa shape index (κ3) is 6.50. The molecule has 0 aliphatic heterocycles. The molecule has 0 saturated heterocycles. The number of benzene rings is 2. The minimum absolute atomic E-state index is 0.0810. The fourth-order valence-corrected chi connectivity index (χ4v) is 2.59. The van der Waals surface area contributed by atoms with Gasteiger partial charge in [0.25, 0.3) is 5.91 Å². The number of nitrogens with two attached hydrogens (primary N) is 1. The number of rotatable bonds is 6. The summed E-state index contributed by atoms with van der Waals surface area (Å²) in [6.07, 6.45) is 1.45. The zero-order valence-electron chi connectivity index (χ0n) is 16.5. The topological polar surface area (TPSA) is 121 Å². The maximum atomic E-state index is 11.5. The lowest BCUT2D eigenvalue weighted by atomic mass is 10.2. The first-order valence-corrected chi connectivity index (χ1v) is 9.35. The van der Waals surface area contributed by atoms with Crippen LogP contribution in [-0.2, 0) is 0 Å². The van der Waals surface area contributed by atoms with Crippen molar-refractivity contribution in [3.63, 3.8) is 0 Å². The highest BCUT2D eigenvalue weighted by Crippen LogP contribution is 2.38. The van der Waals surface area contributed by atoms with Gasteiger partial charge in [0, 0.05) is 18.3 Å². The summed E-state index contributed by atoms with van der Waals surface area (Å²) in [6.45, 7) is 0. The largest absolute Gasteiger partial charge is 0.497 e. The molecule has 10 heteroatoms. The molecule has 3 rings (SSSR count). The van der Waals surface area contributed by atoms with Crippen molar-refractivity contribution < 1.29 is 28.9 Å². The predicted molar refractivity (Wildman–Crippen MR) is 116 cm³/mol. The molecule has 0 spiro atoms. The Kier molecular flexibility index (Phi) is 8.48. The molecule has 0 saturated carbocycles. The van der Waals surface area contributed by atoms with Crippen LogP contribution in [0, 0.1) is 0 Å². The molecule has 2 aromatic carbocycles. The number of aromatic nitrogens is 1. The number of aromatic carboxylic acids is 1. The molecule has 1 amide bonds. The van der Waals surface area contributed by atoms with Crippen molar-refractivity contribution >= 4 is 35.1 Å². The molecule has 0 bridgehead atoms. The van der Waals surface area contributed by atoms with Crippen molar-refractivity contribution in [3.05, 3.63) is 76.0 Å². The van der Waals surface area contributed by atoms with Crippen LogP contribution in [0.25, 0.3) is 0 Å². The van der Waals surface area contributed by atoms with Gasteiger partial charge in [-0.15, -0.1) is 0 Å². The summed E-state index contributed by atoms with van der Waals surface area (Å²) in [7, 11) is 3.03. The van der Waals surface area contributed by atoms with Gasteiger partial charge < -0.3 is 25.1 Å². The van der Waals surface area contributed by atoms with Gasteiger partial charge in [-0.1, -0.05) is 29.3 Å². The Morgan fingerprint density at radius 1 is 0.935 bits per heavy atom. The third-order valence-electron chi connectivity index (χ3n) is 3.76. The Balaban J connectivity index is 0.000000316. The number of pyridine rings is 1. The highest BCUT2D eigenvalue weighted by Gasteiger charge is 2.16. The second-order valence-corrected chi connectivity index (χ2v) is 6.58. The number of ether oxygens (including phenoxy) is 3. The van der Waals surface area contributed by atoms with E-state index < -0.39 is 11.9 Å². The summed E-state index contributed by atoms with van der Waals surface area (Å²) in [5.41, 5.74) is 5.53. The molecule has 0 radical (unpaired) electrons. The molecule has 0 fully saturated rings. The van der Waals surface area contributed by atoms with E-state index in [1.807, 2.05) is 0 Å². The van der Waals surface area contributed by atoms with E-state index in [0.29, 0.717) is 17.2 Å². The molecule has 0 aliphatic rings. The van der Waals surface area contributed by atoms with Crippen LogP contribution in [0.4, 0.5) is 0 Å². The average Bonchev–Trinajstić information content (AvgIpc) is 2.77. The number of halogens is 2. The molecule has 3 N–H and O–H groups in total. The lowest BCUT2D eigenvalue weighted by Gasteiger charge is -2.14. The van der Waals surface area contributed by atoms with Crippen LogP contribution in [0.2, 0.25) is 10.0 Å². The van der Waals surface area contributed by atoms with Crippen LogP contribution in [-0.4, -0.2) is 36.2 Å². The Hall–Kier alpha value is -3.49. The molecule has 162 valence electrons. The van der Waals surface area contributed by atoms with Crippen LogP contribution in [0.15, 0.2) is 54.7 Å². The fraction of sp³-hybridized carbons (Fsp3) is 0.0952. The van der Waals surface area contributed by atoms with Crippen LogP contribution in [0.1, 0.15) is 20.8 Å². The van der Waals surface area contributed by atoms with E-state index in [1.165, 1.54) is 31.5 Å². The van der Waals surface area contributed by atoms with Crippen molar-refractivity contribution in [3.8, 4) is 23.0 Å². The first kappa shape index (κ1) is 23.8. The molecular formula is C21H18Cl2N2O6. The summed E-state index contributed by atoms with van der Waals surface area (Å²) >= 11 is 11.9. The molecule has 1 heterocycles. The number of carboxylic acid groups (broad SMARTS) is 1. The number of nitrogens with zero attached hydrogens (tertiary/aromatic N) is 1. The van der Waals surface area contributed by atoms with Crippen molar-refractivity contribution in [2.75, 3.05) is 14.2 Å². The van der Waals surface area contributed by atoms with Crippen molar-refractivity contribution in [2.45, 2.75) is 0 Å². The number of methoxy groups -OCH3 is 2. The Morgan fingerprint density at radius 3 is 2.16 bits per heavy atom. The van der Waals surface area contributed by atoms with E-state index in [2.05, 4.69) is 4.98 Å². The summed E-state index contributed by atoms with van der Waals surface area (Å²) in [5, 5.41) is 8.78. The molecule has 0 unspecified atom stereocenters. The quantitative estimate of drug-likeness (QED) is 0.542. The van der Waals surface area contributed by atoms with Gasteiger partial charge in [0.2, 0.25) is 0 Å². The van der Waals surface area contributed by atoms with Gasteiger partial charge in [0.05, 0.1) is 29.8 Å². The van der Waals surface area contributed by atoms with Gasteiger partial charge >= 0.3 is 5.97 Å². The second-order valence-electron chi connectivity index (χ2n) is 5.77. The smallest absolute Gasteiger partial charge is 0.354 e. The number of hydrogen-bond acceptors (Lipinski definition) is 6. The Morgan fingerprint density at radius 2 is 1.65 bits per heavy atom. The van der Waals surface area contributed by atoms with Crippen LogP contribution < -0.4 is 19.9 Å². The van der Waals surface area contributed by atoms with Gasteiger partial charge in [-0.3, -0.25) is 4.79 Å². The lowest BCUT2D eigenvalue weighted by molar-refractivity contribution is 0.0690. The molecule has 1 aromatic heterocycles. The Labute approximate surface area is 188 Å². The highest BCUT2D eigenvalue weighted by molar-refractivity contribution is 6.42. The molecule has 0 atom stereocenters. The van der Waals surface area contributed by atoms with Gasteiger partial charge in [0.1, 0.15) is 17.2 Å². The molecular weight excluding hydrogens is 447 g/mol. The van der Waals surface area contributed by atoms with Crippen molar-refractivity contribution in [1.29, 1.82) is 0 Å². The second kappa shape index (κ2) is 11.1. The Bertz CT molecular complexity index is 1080. The first-order valence-electron chi connectivity index (χ1n) is 8.59. The fourth-order valence-electron chi connectivity index (χ4n) is 2.27. The minimum Gasteiger partial charge on any atom is -0.497 e. The molecule has 0 aliphatic carbocycles. The normalized spacial score (nSPS) is 9.81. The molecule has 3 aromatic rings. The number of carboxylic acids is 1. The van der Waals surface area contributed by atoms with E-state index in [1.54, 1.807) is 37.4 Å². The maximum Gasteiger partial charge on any atom is 0.354 e. The standard InChI is InChI=1S/C15H13Cl2NO4.C6H5NO2/c1-20-8-3-4-12(14(5-8)21-2)22-13-7-11(17)10(16)6-9(13)15(18)19;8-6(9)5-3-1-2-4-7-5/h3-7H,1-2H3,(H2,18,19);1-4H,(H,8,9). The zero-order valence-corrected chi connectivity index (χ0v) is 18.0. The molecule has 8 nitrogen and oxygen atoms in total. The minimum atomic E-state index is -0.990. The summed E-state index contributed by atoms with van der Waals surface area (Å²) < 4.78 is 16.0. The number of carbonyl (C=O) groups is 2. The van der Waals surface area contributed by atoms with Gasteiger partial charge in [0.15, 0.2) is 11.5 Å². The van der Waals surface area contributed by atoms with Crippen LogP contribution in [0.3, 0.4) is 0 Å². The number of hydrogen-bond donors (Lipinski definition) is 2. The van der Waals surface area contributed by atoms with E-state index in [-0.39, 0.29) is 27.1 Å². The third-order valence-corrected chi connectivity index (χ3v) is 4.48. The van der Waals surface area contributed by atoms with Crippen molar-refractivity contribution in [2.24, 2.45) is 5.73 Å². The number of carbonyl (C=O) groups excluding carboxylic acids is 1. The number of amides is 1. The van der Waals surface area contributed by atoms with Crippen molar-refractivity contribution in [1.82, 2.24) is 4.98 Å². The predicted octanol–water partition coefficient (Wildman–Crippen LogP) is 4.68. The van der Waals surface area contributed by atoms with Gasteiger partial charge in [-0.2, -0.15) is 0 Å². The van der Waals surface area contributed by atoms with E-state index in [0.717, 1.165) is 0 Å². The average molecular weight is 465 g/mol. The van der Waals surface area contributed by atoms with Gasteiger partial charge in [-0.05, 0) is 30.3 Å². The summed E-state index contributed by atoms with van der Waals surface area (Å²) in [4.78, 5) is 25.2. The summed E-state index contributed by atoms with van der Waals surface area (Å²) in [5.74, 6) is -0.0690.